The average Bonchev–Trinajstić information content (AvgIpc) is 2.95. The summed E-state index contributed by atoms with van der Waals surface area (Å²) in [6.07, 6.45) is 3.18. The quantitative estimate of drug-likeness (QED) is 0.264. The van der Waals surface area contributed by atoms with E-state index >= 15 is 0 Å². The number of rotatable bonds is 5. The molecule has 2 heterocycles. The number of nitrogens with zero attached hydrogens (tertiary/aromatic N) is 1. The number of amides is 1. The van der Waals surface area contributed by atoms with Crippen LogP contribution in [0.1, 0.15) is 46.3 Å². The lowest BCUT2D eigenvalue weighted by molar-refractivity contribution is 0.134. The van der Waals surface area contributed by atoms with Crippen LogP contribution in [-0.4, -0.2) is 6.09 Å². The van der Waals surface area contributed by atoms with Crippen LogP contribution in [0.2, 0.25) is 0 Å². The normalized spacial score (nSPS) is 17.8. The molecule has 0 spiro atoms. The molecule has 2 aliphatic heterocycles. The molecule has 0 radical (unpaired) electrons. The lowest BCUT2D eigenvalue weighted by Crippen LogP contribution is -2.41. The van der Waals surface area contributed by atoms with Crippen molar-refractivity contribution in [3.63, 3.8) is 0 Å². The summed E-state index contributed by atoms with van der Waals surface area (Å²) in [7, 11) is 0. The summed E-state index contributed by atoms with van der Waals surface area (Å²) in [5.41, 5.74) is 7.43. The molecule has 0 aliphatic carbocycles. The van der Waals surface area contributed by atoms with Crippen LogP contribution in [0.5, 0.6) is 0 Å². The number of hydrogen-bond donors (Lipinski definition) is 1. The zero-order valence-corrected chi connectivity index (χ0v) is 22.2. The first-order chi connectivity index (χ1) is 18.6. The molecule has 4 nitrogen and oxygen atoms in total. The molecule has 0 unspecified atom stereocenters. The van der Waals surface area contributed by atoms with Gasteiger partial charge >= 0.3 is 6.09 Å². The first kappa shape index (κ1) is 24.4. The van der Waals surface area contributed by atoms with Crippen molar-refractivity contribution in [2.24, 2.45) is 0 Å². The second-order valence-corrected chi connectivity index (χ2v) is 10.5. The molecule has 0 saturated carbocycles. The van der Waals surface area contributed by atoms with Gasteiger partial charge < -0.3 is 15.0 Å². The van der Waals surface area contributed by atoms with E-state index in [0.29, 0.717) is 6.42 Å². The van der Waals surface area contributed by atoms with Gasteiger partial charge in [-0.05, 0) is 77.1 Å². The summed E-state index contributed by atoms with van der Waals surface area (Å²) in [5, 5.41) is 3.15. The van der Waals surface area contributed by atoms with Crippen LogP contribution >= 0.6 is 15.9 Å². The molecule has 38 heavy (non-hydrogen) atoms. The van der Waals surface area contributed by atoms with Crippen LogP contribution in [0.25, 0.3) is 5.70 Å². The van der Waals surface area contributed by atoms with Gasteiger partial charge in [0.15, 0.2) is 0 Å². The summed E-state index contributed by atoms with van der Waals surface area (Å²) in [4.78, 5) is 15.3. The fourth-order valence-corrected chi connectivity index (χ4v) is 5.71. The number of carbonyl (C=O) groups excluding carboxylic acids is 1. The molecule has 2 aliphatic rings. The molecule has 0 aromatic heterocycles. The van der Waals surface area contributed by atoms with Gasteiger partial charge in [-0.15, -0.1) is 0 Å². The predicted molar refractivity (Wildman–Crippen MR) is 151 cm³/mol. The van der Waals surface area contributed by atoms with Crippen LogP contribution < -0.4 is 10.2 Å². The summed E-state index contributed by atoms with van der Waals surface area (Å²) in [6, 6.07) is 30.6. The zero-order chi connectivity index (χ0) is 26.1. The Morgan fingerprint density at radius 2 is 1.71 bits per heavy atom. The fraction of sp³-hybridized carbons (Fsp3) is 0.156. The Kier molecular flexibility index (Phi) is 6.73. The lowest BCUT2D eigenvalue weighted by Gasteiger charge is -2.46. The molecule has 190 valence electrons. The Balaban J connectivity index is 1.37. The molecule has 4 aromatic rings. The molecule has 6 rings (SSSR count). The highest BCUT2D eigenvalue weighted by molar-refractivity contribution is 9.10. The molecule has 4 aromatic carbocycles. The highest BCUT2D eigenvalue weighted by Gasteiger charge is 2.39. The van der Waals surface area contributed by atoms with Gasteiger partial charge in [0.1, 0.15) is 12.4 Å². The summed E-state index contributed by atoms with van der Waals surface area (Å²) in [5.74, 6) is -0.257. The Hall–Kier alpha value is -3.90. The van der Waals surface area contributed by atoms with E-state index in [4.69, 9.17) is 4.74 Å². The number of alkyl carbamates (subject to hydrolysis) is 1. The topological polar surface area (TPSA) is 41.6 Å². The summed E-state index contributed by atoms with van der Waals surface area (Å²) < 4.78 is 20.4. The van der Waals surface area contributed by atoms with E-state index in [2.05, 4.69) is 56.5 Å². The van der Waals surface area contributed by atoms with Crippen LogP contribution in [0.4, 0.5) is 14.9 Å². The number of halogens is 2. The average molecular weight is 569 g/mol. The maximum Gasteiger partial charge on any atom is 0.407 e. The number of para-hydroxylation sites is 1. The van der Waals surface area contributed by atoms with Crippen LogP contribution in [0, 0.1) is 5.82 Å². The minimum atomic E-state index is -0.440. The van der Waals surface area contributed by atoms with Crippen molar-refractivity contribution in [1.82, 2.24) is 5.32 Å². The van der Waals surface area contributed by atoms with Gasteiger partial charge in [0.2, 0.25) is 0 Å². The molecule has 0 bridgehead atoms. The number of benzene rings is 4. The number of allylic oxidation sites excluding steroid dienone is 1. The summed E-state index contributed by atoms with van der Waals surface area (Å²) >= 11 is 3.55. The van der Waals surface area contributed by atoms with E-state index < -0.39 is 6.09 Å². The van der Waals surface area contributed by atoms with Crippen molar-refractivity contribution in [2.45, 2.75) is 31.5 Å². The summed E-state index contributed by atoms with van der Waals surface area (Å²) in [6.45, 7) is 0.214. The molecule has 1 amide bonds. The molecule has 6 heteroatoms. The van der Waals surface area contributed by atoms with Crippen molar-refractivity contribution in [1.29, 1.82) is 0 Å². The number of ether oxygens (including phenoxy) is 1. The van der Waals surface area contributed by atoms with Gasteiger partial charge in [-0.1, -0.05) is 82.7 Å². The van der Waals surface area contributed by atoms with Crippen LogP contribution in [0.3, 0.4) is 0 Å². The van der Waals surface area contributed by atoms with Gasteiger partial charge in [0.25, 0.3) is 0 Å². The first-order valence-electron chi connectivity index (χ1n) is 12.7. The van der Waals surface area contributed by atoms with E-state index in [-0.39, 0.29) is 24.5 Å². The second kappa shape index (κ2) is 10.5. The third kappa shape index (κ3) is 4.84. The fourth-order valence-electron chi connectivity index (χ4n) is 5.45. The van der Waals surface area contributed by atoms with E-state index in [1.165, 1.54) is 17.7 Å². The Bertz CT molecular complexity index is 1490. The molecule has 2 atom stereocenters. The maximum absolute atomic E-state index is 13.8. The molecular weight excluding hydrogens is 543 g/mol. The van der Waals surface area contributed by atoms with Crippen molar-refractivity contribution < 1.29 is 13.9 Å². The van der Waals surface area contributed by atoms with Crippen LogP contribution in [0.15, 0.2) is 108 Å². The van der Waals surface area contributed by atoms with Crippen molar-refractivity contribution in [3.05, 3.63) is 141 Å². The third-order valence-electron chi connectivity index (χ3n) is 7.21. The van der Waals surface area contributed by atoms with Gasteiger partial charge in [0.05, 0.1) is 17.8 Å². The third-order valence-corrected chi connectivity index (χ3v) is 7.74. The largest absolute Gasteiger partial charge is 0.445 e. The van der Waals surface area contributed by atoms with Gasteiger partial charge in [-0.25, -0.2) is 9.18 Å². The zero-order valence-electron chi connectivity index (χ0n) is 20.6. The SMILES string of the molecule is O=C(N[C@H]1C[C@@H](c2ccc(Br)cc2)N2C(c3ccc(F)cc3)=CCc3cccc1c32)OCc1ccccc1. The minimum absolute atomic E-state index is 0.0484. The molecule has 0 fully saturated rings. The highest BCUT2D eigenvalue weighted by atomic mass is 79.9. The molecule has 1 N–H and O–H groups in total. The first-order valence-corrected chi connectivity index (χ1v) is 13.5. The standard InChI is InChI=1S/C32H26BrFN2O2/c33-25-14-9-23(10-15-25)30-19-28(35-32(37)38-20-21-5-2-1-3-6-21)27-8-4-7-24-13-18-29(36(30)31(24)27)22-11-16-26(34)17-12-22/h1-12,14-18,28,30H,13,19-20H2,(H,35,37)/t28-,30-/m0/s1. The van der Waals surface area contributed by atoms with Crippen molar-refractivity contribution in [2.75, 3.05) is 4.90 Å². The minimum Gasteiger partial charge on any atom is -0.445 e. The monoisotopic (exact) mass is 568 g/mol. The van der Waals surface area contributed by atoms with Gasteiger partial charge in [-0.2, -0.15) is 0 Å². The van der Waals surface area contributed by atoms with Gasteiger partial charge in [-0.3, -0.25) is 0 Å². The molecule has 0 saturated heterocycles. The maximum atomic E-state index is 13.8. The van der Waals surface area contributed by atoms with Gasteiger partial charge in [0, 0.05) is 10.2 Å². The van der Waals surface area contributed by atoms with E-state index in [0.717, 1.165) is 44.5 Å². The Morgan fingerprint density at radius 1 is 0.947 bits per heavy atom. The number of hydrogen-bond acceptors (Lipinski definition) is 3. The van der Waals surface area contributed by atoms with E-state index in [1.807, 2.05) is 60.7 Å². The Morgan fingerprint density at radius 3 is 2.47 bits per heavy atom. The lowest BCUT2D eigenvalue weighted by atomic mass is 9.82. The van der Waals surface area contributed by atoms with Crippen molar-refractivity contribution >= 4 is 33.4 Å². The molecular formula is C32H26BrFN2O2. The van der Waals surface area contributed by atoms with E-state index in [1.54, 1.807) is 0 Å². The van der Waals surface area contributed by atoms with E-state index in [9.17, 15) is 9.18 Å². The smallest absolute Gasteiger partial charge is 0.407 e. The second-order valence-electron chi connectivity index (χ2n) is 9.59. The number of nitrogens with one attached hydrogen (secondary N) is 1. The van der Waals surface area contributed by atoms with Crippen LogP contribution in [-0.2, 0) is 17.8 Å². The van der Waals surface area contributed by atoms with Crippen molar-refractivity contribution in [3.8, 4) is 0 Å². The number of carbonyl (C=O) groups is 1. The number of anilines is 1. The predicted octanol–water partition coefficient (Wildman–Crippen LogP) is 8.10. The highest BCUT2D eigenvalue weighted by Crippen LogP contribution is 2.51. The Labute approximate surface area is 229 Å².